The van der Waals surface area contributed by atoms with Crippen molar-refractivity contribution in [3.63, 3.8) is 0 Å². The zero-order chi connectivity index (χ0) is 19.7. The second-order valence-electron chi connectivity index (χ2n) is 7.07. The second-order valence-corrected chi connectivity index (χ2v) is 8.87. The molecule has 5 nitrogen and oxygen atoms in total. The van der Waals surface area contributed by atoms with Crippen LogP contribution in [0.4, 0.5) is 0 Å². The van der Waals surface area contributed by atoms with Gasteiger partial charge in [-0.1, -0.05) is 44.2 Å². The van der Waals surface area contributed by atoms with Crippen LogP contribution in [0.1, 0.15) is 35.5 Å². The summed E-state index contributed by atoms with van der Waals surface area (Å²) in [5, 5.41) is 24.9. The lowest BCUT2D eigenvalue weighted by Crippen LogP contribution is -2.28. The zero-order valence-corrected chi connectivity index (χ0v) is 17.5. The molecule has 1 aliphatic heterocycles. The molecule has 1 aliphatic rings. The first-order valence-corrected chi connectivity index (χ1v) is 11.0. The van der Waals surface area contributed by atoms with E-state index in [1.54, 1.807) is 11.3 Å². The Morgan fingerprint density at radius 2 is 1.93 bits per heavy atom. The Morgan fingerprint density at radius 1 is 1.14 bits per heavy atom. The van der Waals surface area contributed by atoms with Crippen molar-refractivity contribution in [3.05, 3.63) is 62.6 Å². The van der Waals surface area contributed by atoms with E-state index in [1.807, 2.05) is 40.6 Å². The van der Waals surface area contributed by atoms with Crippen LogP contribution in [0.5, 0.6) is 0 Å². The number of nitrogens with one attached hydrogen (secondary N) is 1. The molecule has 1 aromatic carbocycles. The lowest BCUT2D eigenvalue weighted by atomic mass is 10.2. The number of aliphatic hydroxyl groups is 1. The molecule has 0 saturated carbocycles. The van der Waals surface area contributed by atoms with Crippen molar-refractivity contribution < 1.29 is 5.11 Å². The molecule has 4 rings (SSSR count). The van der Waals surface area contributed by atoms with Crippen molar-refractivity contribution in [1.29, 1.82) is 5.41 Å². The summed E-state index contributed by atoms with van der Waals surface area (Å²) in [6, 6.07) is 9.96. The van der Waals surface area contributed by atoms with Gasteiger partial charge < -0.3 is 10.0 Å². The molecule has 0 unspecified atom stereocenters. The van der Waals surface area contributed by atoms with Crippen molar-refractivity contribution in [3.8, 4) is 11.3 Å². The summed E-state index contributed by atoms with van der Waals surface area (Å²) < 4.78 is 0. The average molecular weight is 411 g/mol. The predicted molar refractivity (Wildman–Crippen MR) is 116 cm³/mol. The predicted octanol–water partition coefficient (Wildman–Crippen LogP) is 5.19. The Morgan fingerprint density at radius 3 is 2.64 bits per heavy atom. The van der Waals surface area contributed by atoms with Crippen LogP contribution < -0.4 is 0 Å². The fraction of sp³-hybridized carbons (Fsp3) is 0.286. The normalized spacial score (nSPS) is 14.5. The fourth-order valence-electron chi connectivity index (χ4n) is 3.12. The van der Waals surface area contributed by atoms with E-state index >= 15 is 0 Å². The number of hydrogen-bond donors (Lipinski definition) is 2. The molecule has 0 saturated heterocycles. The maximum absolute atomic E-state index is 10.5. The van der Waals surface area contributed by atoms with E-state index in [-0.39, 0.29) is 5.76 Å². The van der Waals surface area contributed by atoms with Gasteiger partial charge in [0.05, 0.1) is 28.5 Å². The smallest absolute Gasteiger partial charge is 0.135 e. The Balaban J connectivity index is 1.45. The van der Waals surface area contributed by atoms with Crippen molar-refractivity contribution in [2.75, 3.05) is 13.1 Å². The van der Waals surface area contributed by atoms with Crippen LogP contribution in [0.15, 0.2) is 46.9 Å². The molecule has 0 radical (unpaired) electrons. The van der Waals surface area contributed by atoms with E-state index < -0.39 is 0 Å². The number of nitrogens with zero attached hydrogens (tertiary/aromatic N) is 3. The summed E-state index contributed by atoms with van der Waals surface area (Å²) in [4.78, 5) is 11.2. The van der Waals surface area contributed by atoms with E-state index in [1.165, 1.54) is 11.3 Å². The van der Waals surface area contributed by atoms with Gasteiger partial charge in [-0.25, -0.2) is 9.97 Å². The van der Waals surface area contributed by atoms with Gasteiger partial charge in [0.15, 0.2) is 0 Å². The molecule has 0 atom stereocenters. The molecule has 28 heavy (non-hydrogen) atoms. The van der Waals surface area contributed by atoms with Gasteiger partial charge in [-0.05, 0) is 5.92 Å². The number of benzene rings is 1. The lowest BCUT2D eigenvalue weighted by molar-refractivity contribution is 0.351. The molecule has 0 bridgehead atoms. The Kier molecular flexibility index (Phi) is 5.28. The first kappa shape index (κ1) is 18.8. The number of aromatic nitrogens is 2. The summed E-state index contributed by atoms with van der Waals surface area (Å²) >= 11 is 3.13. The number of rotatable bonds is 6. The summed E-state index contributed by atoms with van der Waals surface area (Å²) in [5.74, 6) is 0.990. The minimum atomic E-state index is 0.223. The fourth-order valence-corrected chi connectivity index (χ4v) is 4.96. The monoisotopic (exact) mass is 410 g/mol. The first-order chi connectivity index (χ1) is 13.5. The van der Waals surface area contributed by atoms with Crippen LogP contribution in [0.3, 0.4) is 0 Å². The van der Waals surface area contributed by atoms with Crippen LogP contribution in [-0.2, 0) is 6.42 Å². The molecule has 3 aromatic rings. The largest absolute Gasteiger partial charge is 0.510 e. The summed E-state index contributed by atoms with van der Waals surface area (Å²) in [6.45, 7) is 5.30. The zero-order valence-electron chi connectivity index (χ0n) is 15.8. The third kappa shape index (κ3) is 3.72. The molecule has 2 aromatic heterocycles. The highest BCUT2D eigenvalue weighted by atomic mass is 32.1. The van der Waals surface area contributed by atoms with Crippen LogP contribution in [-0.4, -0.2) is 38.9 Å². The van der Waals surface area contributed by atoms with Gasteiger partial charge in [-0.15, -0.1) is 22.7 Å². The van der Waals surface area contributed by atoms with Gasteiger partial charge in [0.2, 0.25) is 0 Å². The van der Waals surface area contributed by atoms with Crippen molar-refractivity contribution >= 4 is 34.1 Å². The van der Waals surface area contributed by atoms with Crippen molar-refractivity contribution in [1.82, 2.24) is 14.9 Å². The molecule has 0 spiro atoms. The van der Waals surface area contributed by atoms with Crippen LogP contribution in [0.25, 0.3) is 16.8 Å². The summed E-state index contributed by atoms with van der Waals surface area (Å²) in [5.41, 5.74) is 3.58. The number of thiazole rings is 2. The Labute approximate surface area is 172 Å². The third-order valence-electron chi connectivity index (χ3n) is 4.73. The molecule has 0 amide bonds. The average Bonchev–Trinajstić information content (AvgIpc) is 3.40. The Hall–Kier alpha value is -2.51. The van der Waals surface area contributed by atoms with Gasteiger partial charge in [-0.3, -0.25) is 5.41 Å². The highest BCUT2D eigenvalue weighted by Crippen LogP contribution is 2.32. The quantitative estimate of drug-likeness (QED) is 0.586. The van der Waals surface area contributed by atoms with Gasteiger partial charge >= 0.3 is 0 Å². The van der Waals surface area contributed by atoms with E-state index in [0.29, 0.717) is 35.4 Å². The van der Waals surface area contributed by atoms with Gasteiger partial charge in [0, 0.05) is 29.3 Å². The van der Waals surface area contributed by atoms with Gasteiger partial charge in [0.1, 0.15) is 16.6 Å². The number of hydrogen-bond acceptors (Lipinski definition) is 6. The highest BCUT2D eigenvalue weighted by Gasteiger charge is 2.30. The van der Waals surface area contributed by atoms with E-state index in [9.17, 15) is 5.11 Å². The molecule has 144 valence electrons. The highest BCUT2D eigenvalue weighted by molar-refractivity contribution is 7.11. The van der Waals surface area contributed by atoms with E-state index in [4.69, 9.17) is 5.41 Å². The van der Waals surface area contributed by atoms with Gasteiger partial charge in [-0.2, -0.15) is 0 Å². The van der Waals surface area contributed by atoms with E-state index in [0.717, 1.165) is 28.4 Å². The van der Waals surface area contributed by atoms with Crippen molar-refractivity contribution in [2.24, 2.45) is 0 Å². The first-order valence-electron chi connectivity index (χ1n) is 9.24. The maximum atomic E-state index is 10.5. The number of amidine groups is 1. The molecule has 0 aliphatic carbocycles. The minimum Gasteiger partial charge on any atom is -0.510 e. The molecule has 0 fully saturated rings. The van der Waals surface area contributed by atoms with Crippen LogP contribution in [0.2, 0.25) is 0 Å². The molecule has 7 heteroatoms. The summed E-state index contributed by atoms with van der Waals surface area (Å²) in [6.07, 6.45) is 0.771. The van der Waals surface area contributed by atoms with E-state index in [2.05, 4.69) is 29.2 Å². The van der Waals surface area contributed by atoms with Gasteiger partial charge in [0.25, 0.3) is 0 Å². The molecule has 2 N–H and O–H groups in total. The molecular weight excluding hydrogens is 388 g/mol. The standard InChI is InChI=1S/C21H22N4OS2/c1-13(2)15-11-27-18(23-15)8-9-25-10-17(26)19(20(25)22)21-24-16(12-28-21)14-6-4-3-5-7-14/h3-7,11-13,22,26H,8-10H2,1-2H3. The van der Waals surface area contributed by atoms with Crippen LogP contribution >= 0.6 is 22.7 Å². The Bertz CT molecular complexity index is 1020. The minimum absolute atomic E-state index is 0.223. The number of aliphatic hydroxyl groups excluding tert-OH is 1. The summed E-state index contributed by atoms with van der Waals surface area (Å²) in [7, 11) is 0. The molecule has 3 heterocycles. The maximum Gasteiger partial charge on any atom is 0.135 e. The second kappa shape index (κ2) is 7.85. The third-order valence-corrected chi connectivity index (χ3v) is 6.51. The van der Waals surface area contributed by atoms with Crippen LogP contribution in [0, 0.1) is 5.41 Å². The SMILES string of the molecule is CC(C)c1csc(CCN2CC(O)=C(c3nc(-c4ccccc4)cs3)C2=N)n1. The topological polar surface area (TPSA) is 73.1 Å². The molecular formula is C21H22N4OS2. The lowest BCUT2D eigenvalue weighted by Gasteiger charge is -2.17. The van der Waals surface area contributed by atoms with Crippen molar-refractivity contribution in [2.45, 2.75) is 26.2 Å².